The van der Waals surface area contributed by atoms with Crippen LogP contribution in [0.4, 0.5) is 4.39 Å². The topological polar surface area (TPSA) is 90.7 Å². The molecule has 3 unspecified atom stereocenters. The Kier molecular flexibility index (Phi) is 4.49. The molecule has 0 aromatic heterocycles. The Hall–Kier alpha value is -2.02. The summed E-state index contributed by atoms with van der Waals surface area (Å²) >= 11 is 0. The van der Waals surface area contributed by atoms with Crippen molar-refractivity contribution in [2.24, 2.45) is 0 Å². The van der Waals surface area contributed by atoms with E-state index in [4.69, 9.17) is 10.00 Å². The van der Waals surface area contributed by atoms with Gasteiger partial charge in [0.2, 0.25) is 10.0 Å². The molecule has 9 heteroatoms. The number of halogens is 1. The van der Waals surface area contributed by atoms with Gasteiger partial charge in [-0.3, -0.25) is 4.79 Å². The lowest BCUT2D eigenvalue weighted by molar-refractivity contribution is -0.189. The number of nitrogens with zero attached hydrogens (tertiary/aromatic N) is 3. The summed E-state index contributed by atoms with van der Waals surface area (Å²) in [5.74, 6) is -0.803. The third kappa shape index (κ3) is 2.91. The molecule has 150 valence electrons. The van der Waals surface area contributed by atoms with Crippen LogP contribution in [0.1, 0.15) is 38.2 Å². The van der Waals surface area contributed by atoms with E-state index in [-0.39, 0.29) is 28.4 Å². The van der Waals surface area contributed by atoms with E-state index in [2.05, 4.69) is 0 Å². The van der Waals surface area contributed by atoms with Crippen molar-refractivity contribution in [2.45, 2.75) is 61.3 Å². The molecule has 1 amide bonds. The molecule has 28 heavy (non-hydrogen) atoms. The third-order valence-electron chi connectivity index (χ3n) is 6.08. The van der Waals surface area contributed by atoms with Crippen molar-refractivity contribution in [1.82, 2.24) is 9.21 Å². The fourth-order valence-electron chi connectivity index (χ4n) is 5.04. The minimum Gasteiger partial charge on any atom is -0.360 e. The molecule has 0 saturated carbocycles. The third-order valence-corrected chi connectivity index (χ3v) is 8.08. The van der Waals surface area contributed by atoms with Gasteiger partial charge in [0, 0.05) is 25.7 Å². The minimum atomic E-state index is -3.86. The molecule has 3 fully saturated rings. The maximum Gasteiger partial charge on any atom is 0.251 e. The van der Waals surface area contributed by atoms with Crippen LogP contribution in [0.25, 0.3) is 0 Å². The normalized spacial score (nSPS) is 33.3. The Morgan fingerprint density at radius 3 is 2.50 bits per heavy atom. The Labute approximate surface area is 163 Å². The lowest BCUT2D eigenvalue weighted by Gasteiger charge is -2.50. The van der Waals surface area contributed by atoms with Crippen LogP contribution in [0.2, 0.25) is 0 Å². The predicted molar refractivity (Wildman–Crippen MR) is 97.1 cm³/mol. The highest BCUT2D eigenvalue weighted by atomic mass is 32.2. The van der Waals surface area contributed by atoms with Crippen LogP contribution >= 0.6 is 0 Å². The molecule has 3 heterocycles. The highest BCUT2D eigenvalue weighted by Gasteiger charge is 2.56. The van der Waals surface area contributed by atoms with Gasteiger partial charge >= 0.3 is 0 Å². The maximum atomic E-state index is 13.6. The van der Waals surface area contributed by atoms with Crippen LogP contribution in [0.15, 0.2) is 23.1 Å². The molecule has 4 rings (SSSR count). The van der Waals surface area contributed by atoms with Gasteiger partial charge in [-0.05, 0) is 50.8 Å². The largest absolute Gasteiger partial charge is 0.360 e. The molecular formula is C19H22FN3O4S. The van der Waals surface area contributed by atoms with Gasteiger partial charge < -0.3 is 9.64 Å². The summed E-state index contributed by atoms with van der Waals surface area (Å²) in [7, 11) is -2.11. The number of rotatable bonds is 2. The van der Waals surface area contributed by atoms with Gasteiger partial charge in [0.05, 0.1) is 16.1 Å². The molecule has 2 bridgehead atoms. The SMILES string of the molecule is CC1OC2(CC3CCC(C2)N3S(=O)(=O)c2ccc(F)c(C#N)c2)CN(C)C1=O. The number of fused-ring (bicyclic) bond motifs is 2. The summed E-state index contributed by atoms with van der Waals surface area (Å²) in [5, 5.41) is 9.03. The molecule has 1 spiro atoms. The number of nitriles is 1. The Morgan fingerprint density at radius 2 is 1.93 bits per heavy atom. The minimum absolute atomic E-state index is 0.0662. The number of ether oxygens (including phenoxy) is 1. The van der Waals surface area contributed by atoms with Crippen molar-refractivity contribution in [3.63, 3.8) is 0 Å². The van der Waals surface area contributed by atoms with Crippen molar-refractivity contribution in [1.29, 1.82) is 5.26 Å². The standard InChI is InChI=1S/C19H22FN3O4S/c1-12-18(24)22(2)11-19(27-12)8-14-3-4-15(9-19)23(14)28(25,26)16-5-6-17(20)13(7-16)10-21/h5-7,12,14-15H,3-4,8-9,11H2,1-2H3. The van der Waals surface area contributed by atoms with E-state index in [9.17, 15) is 17.6 Å². The maximum absolute atomic E-state index is 13.6. The fourth-order valence-corrected chi connectivity index (χ4v) is 6.93. The number of benzene rings is 1. The van der Waals surface area contributed by atoms with E-state index in [1.165, 1.54) is 10.4 Å². The van der Waals surface area contributed by atoms with Crippen LogP contribution in [-0.4, -0.2) is 60.9 Å². The zero-order chi connectivity index (χ0) is 20.3. The summed E-state index contributed by atoms with van der Waals surface area (Å²) in [6.07, 6.45) is 1.91. The number of hydrogen-bond acceptors (Lipinski definition) is 5. The van der Waals surface area contributed by atoms with Crippen LogP contribution in [0.5, 0.6) is 0 Å². The molecule has 7 nitrogen and oxygen atoms in total. The number of sulfonamides is 1. The van der Waals surface area contributed by atoms with Gasteiger partial charge in [0.1, 0.15) is 18.0 Å². The molecule has 3 saturated heterocycles. The summed E-state index contributed by atoms with van der Waals surface area (Å²) in [4.78, 5) is 13.7. The summed E-state index contributed by atoms with van der Waals surface area (Å²) < 4.78 is 47.8. The first-order valence-corrected chi connectivity index (χ1v) is 10.8. The monoisotopic (exact) mass is 407 g/mol. The van der Waals surface area contributed by atoms with Crippen LogP contribution in [0.3, 0.4) is 0 Å². The lowest BCUT2D eigenvalue weighted by Crippen LogP contribution is -2.63. The molecule has 0 radical (unpaired) electrons. The number of carbonyl (C=O) groups is 1. The van der Waals surface area contributed by atoms with Crippen molar-refractivity contribution in [2.75, 3.05) is 13.6 Å². The number of piperidine rings is 1. The molecule has 0 aliphatic carbocycles. The highest BCUT2D eigenvalue weighted by molar-refractivity contribution is 7.89. The Bertz CT molecular complexity index is 944. The zero-order valence-corrected chi connectivity index (χ0v) is 16.6. The van der Waals surface area contributed by atoms with Gasteiger partial charge in [-0.2, -0.15) is 9.57 Å². The second-order valence-electron chi connectivity index (χ2n) is 8.02. The summed E-state index contributed by atoms with van der Waals surface area (Å²) in [5.41, 5.74) is -0.827. The van der Waals surface area contributed by atoms with E-state index < -0.39 is 27.5 Å². The Balaban J connectivity index is 1.64. The molecule has 1 aromatic carbocycles. The molecule has 1 aromatic rings. The van der Waals surface area contributed by atoms with Gasteiger partial charge in [-0.1, -0.05) is 0 Å². The van der Waals surface area contributed by atoms with Gasteiger partial charge in [0.25, 0.3) is 5.91 Å². The predicted octanol–water partition coefficient (Wildman–Crippen LogP) is 1.63. The van der Waals surface area contributed by atoms with Crippen LogP contribution < -0.4 is 0 Å². The quantitative estimate of drug-likeness (QED) is 0.743. The Morgan fingerprint density at radius 1 is 1.29 bits per heavy atom. The number of carbonyl (C=O) groups excluding carboxylic acids is 1. The number of hydrogen-bond donors (Lipinski definition) is 0. The second kappa shape index (κ2) is 6.51. The number of amides is 1. The molecular weight excluding hydrogens is 385 g/mol. The van der Waals surface area contributed by atoms with Crippen LogP contribution in [-0.2, 0) is 19.6 Å². The van der Waals surface area contributed by atoms with E-state index >= 15 is 0 Å². The first-order valence-electron chi connectivity index (χ1n) is 9.33. The van der Waals surface area contributed by atoms with Crippen molar-refractivity contribution < 1.29 is 22.3 Å². The average Bonchev–Trinajstić information content (AvgIpc) is 2.93. The van der Waals surface area contributed by atoms with Crippen molar-refractivity contribution in [3.05, 3.63) is 29.6 Å². The first kappa shape index (κ1) is 19.3. The lowest BCUT2D eigenvalue weighted by atomic mass is 9.85. The smallest absolute Gasteiger partial charge is 0.251 e. The van der Waals surface area contributed by atoms with E-state index in [0.717, 1.165) is 12.1 Å². The number of likely N-dealkylation sites (N-methyl/N-ethyl adjacent to an activating group) is 1. The summed E-state index contributed by atoms with van der Waals surface area (Å²) in [6, 6.07) is 4.53. The van der Waals surface area contributed by atoms with Gasteiger partial charge in [0.15, 0.2) is 0 Å². The zero-order valence-electron chi connectivity index (χ0n) is 15.8. The molecule has 3 atom stereocenters. The fraction of sp³-hybridized carbons (Fsp3) is 0.579. The van der Waals surface area contributed by atoms with Crippen LogP contribution in [0, 0.1) is 17.1 Å². The van der Waals surface area contributed by atoms with Crippen molar-refractivity contribution >= 4 is 15.9 Å². The van der Waals surface area contributed by atoms with E-state index in [1.54, 1.807) is 24.9 Å². The van der Waals surface area contributed by atoms with Gasteiger partial charge in [-0.25, -0.2) is 12.8 Å². The van der Waals surface area contributed by atoms with Crippen molar-refractivity contribution in [3.8, 4) is 6.07 Å². The van der Waals surface area contributed by atoms with E-state index in [1.807, 2.05) is 0 Å². The van der Waals surface area contributed by atoms with E-state index in [0.29, 0.717) is 32.2 Å². The summed E-state index contributed by atoms with van der Waals surface area (Å²) in [6.45, 7) is 2.18. The highest BCUT2D eigenvalue weighted by Crippen LogP contribution is 2.47. The molecule has 3 aliphatic heterocycles. The second-order valence-corrected chi connectivity index (χ2v) is 9.86. The first-order chi connectivity index (χ1) is 13.2. The number of morpholine rings is 1. The molecule has 0 N–H and O–H groups in total. The van der Waals surface area contributed by atoms with Gasteiger partial charge in [-0.15, -0.1) is 0 Å². The average molecular weight is 407 g/mol. The molecule has 3 aliphatic rings.